The Morgan fingerprint density at radius 1 is 0.569 bits per heavy atom. The van der Waals surface area contributed by atoms with Crippen molar-refractivity contribution in [2.75, 3.05) is 0 Å². The minimum atomic E-state index is -0.109. The quantitative estimate of drug-likeness (QED) is 0.179. The lowest BCUT2D eigenvalue weighted by Gasteiger charge is -2.25. The average Bonchev–Trinajstić information content (AvgIpc) is 3.90. The zero-order chi connectivity index (χ0) is 34.6. The summed E-state index contributed by atoms with van der Waals surface area (Å²) in [7, 11) is 0. The molecule has 0 spiro atoms. The number of hydrogen-bond acceptors (Lipinski definition) is 3. The highest BCUT2D eigenvalue weighted by atomic mass is 32.1. The first-order chi connectivity index (χ1) is 24.5. The highest BCUT2D eigenvalue weighted by Gasteiger charge is 2.44. The van der Waals surface area contributed by atoms with Crippen molar-refractivity contribution in [3.63, 3.8) is 0 Å². The molecule has 51 heavy (non-hydrogen) atoms. The highest BCUT2D eigenvalue weighted by molar-refractivity contribution is 7.15. The van der Waals surface area contributed by atoms with Crippen LogP contribution < -0.4 is 0 Å². The SMILES string of the molecule is CC1(C)c2cc(C3=Nc4ccccc4C3)ccc2-c2cc3c(cc21)-c1cc2c(cc1C3(C)C)-c1ccc(-c3nc4c(s3)CCC=C4)cc1C2(C)C. The van der Waals surface area contributed by atoms with Gasteiger partial charge in [-0.25, -0.2) is 4.98 Å². The third-order valence-electron chi connectivity index (χ3n) is 13.0. The molecule has 6 aromatic rings. The maximum atomic E-state index is 5.05. The first-order valence-corrected chi connectivity index (χ1v) is 19.3. The lowest BCUT2D eigenvalue weighted by atomic mass is 9.78. The van der Waals surface area contributed by atoms with Crippen LogP contribution in [0.25, 0.3) is 50.0 Å². The molecule has 0 saturated heterocycles. The van der Waals surface area contributed by atoms with Crippen molar-refractivity contribution >= 4 is 28.8 Å². The molecule has 11 rings (SSSR count). The number of aliphatic imine (C=N–C) groups is 1. The summed E-state index contributed by atoms with van der Waals surface area (Å²) in [6.07, 6.45) is 7.57. The van der Waals surface area contributed by atoms with Crippen LogP contribution in [0.4, 0.5) is 5.69 Å². The summed E-state index contributed by atoms with van der Waals surface area (Å²) in [5.41, 5.74) is 23.9. The summed E-state index contributed by atoms with van der Waals surface area (Å²) in [6, 6.07) is 33.0. The maximum absolute atomic E-state index is 5.05. The smallest absolute Gasteiger partial charge is 0.124 e. The molecule has 5 aliphatic rings. The average molecular weight is 677 g/mol. The fraction of sp³-hybridized carbons (Fsp3) is 0.250. The van der Waals surface area contributed by atoms with Gasteiger partial charge in [0.05, 0.1) is 17.1 Å². The van der Waals surface area contributed by atoms with Gasteiger partial charge in [0.15, 0.2) is 0 Å². The van der Waals surface area contributed by atoms with Crippen molar-refractivity contribution in [2.45, 2.75) is 77.0 Å². The van der Waals surface area contributed by atoms with Gasteiger partial charge >= 0.3 is 0 Å². The Morgan fingerprint density at radius 2 is 1.10 bits per heavy atom. The van der Waals surface area contributed by atoms with Crippen molar-refractivity contribution < 1.29 is 0 Å². The zero-order valence-corrected chi connectivity index (χ0v) is 31.0. The van der Waals surface area contributed by atoms with Crippen LogP contribution in [0.1, 0.15) is 103 Å². The van der Waals surface area contributed by atoms with E-state index in [0.717, 1.165) is 35.7 Å². The van der Waals surface area contributed by atoms with Crippen LogP contribution in [0, 0.1) is 0 Å². The minimum absolute atomic E-state index is 0.105. The van der Waals surface area contributed by atoms with Crippen LogP contribution >= 0.6 is 11.3 Å². The van der Waals surface area contributed by atoms with E-state index in [2.05, 4.69) is 139 Å². The van der Waals surface area contributed by atoms with Gasteiger partial charge < -0.3 is 0 Å². The number of hydrogen-bond donors (Lipinski definition) is 0. The van der Waals surface area contributed by atoms with E-state index in [1.54, 1.807) is 0 Å². The number of benzene rings is 5. The highest BCUT2D eigenvalue weighted by Crippen LogP contribution is 2.59. The third kappa shape index (κ3) is 3.88. The van der Waals surface area contributed by atoms with Crippen LogP contribution in [-0.4, -0.2) is 10.7 Å². The first-order valence-electron chi connectivity index (χ1n) is 18.5. The molecule has 0 atom stereocenters. The second kappa shape index (κ2) is 9.72. The summed E-state index contributed by atoms with van der Waals surface area (Å²) < 4.78 is 0. The molecule has 1 aromatic heterocycles. The molecule has 0 unspecified atom stereocenters. The number of aryl methyl sites for hydroxylation is 1. The topological polar surface area (TPSA) is 25.2 Å². The van der Waals surface area contributed by atoms with Crippen molar-refractivity contribution in [2.24, 2.45) is 4.99 Å². The van der Waals surface area contributed by atoms with E-state index in [4.69, 9.17) is 9.98 Å². The lowest BCUT2D eigenvalue weighted by molar-refractivity contribution is 0.649. The summed E-state index contributed by atoms with van der Waals surface area (Å²) in [5, 5.41) is 1.14. The standard InChI is InChI=1S/C48H40N2S/c1-46(2)35-19-27(43-21-26-11-7-8-12-41(26)49-43)15-17-29(35)31-22-39-33(24-37(31)46)34-25-38-32(23-40(34)48(39,5)6)30-18-16-28(20-36(30)47(38,3)4)45-50-42-13-9-10-14-44(42)51-45/h7-9,11-13,15-20,22-25H,10,14,21H2,1-6H3. The Morgan fingerprint density at radius 3 is 1.69 bits per heavy atom. The van der Waals surface area contributed by atoms with E-state index >= 15 is 0 Å². The Bertz CT molecular complexity index is 2640. The molecule has 2 nitrogen and oxygen atoms in total. The second-order valence-corrected chi connectivity index (χ2v) is 18.0. The van der Waals surface area contributed by atoms with Crippen LogP contribution in [0.2, 0.25) is 0 Å². The minimum Gasteiger partial charge on any atom is -0.252 e. The van der Waals surface area contributed by atoms with Crippen molar-refractivity contribution in [3.05, 3.63) is 146 Å². The molecule has 5 aromatic carbocycles. The van der Waals surface area contributed by atoms with Gasteiger partial charge in [0.25, 0.3) is 0 Å². The summed E-state index contributed by atoms with van der Waals surface area (Å²) in [6.45, 7) is 14.5. The first kappa shape index (κ1) is 29.8. The monoisotopic (exact) mass is 676 g/mol. The number of para-hydroxylation sites is 1. The molecule has 4 aliphatic carbocycles. The number of aromatic nitrogens is 1. The van der Waals surface area contributed by atoms with E-state index in [0.29, 0.717) is 0 Å². The van der Waals surface area contributed by atoms with Crippen molar-refractivity contribution in [3.8, 4) is 44.0 Å². The number of allylic oxidation sites excluding steroid dienone is 1. The Kier molecular flexibility index (Phi) is 5.68. The van der Waals surface area contributed by atoms with Gasteiger partial charge in [-0.2, -0.15) is 0 Å². The molecule has 248 valence electrons. The Hall–Kier alpha value is -4.86. The number of nitrogens with zero attached hydrogens (tertiary/aromatic N) is 2. The van der Waals surface area contributed by atoms with Gasteiger partial charge in [0, 0.05) is 33.1 Å². The van der Waals surface area contributed by atoms with Crippen LogP contribution in [0.15, 0.2) is 96.0 Å². The van der Waals surface area contributed by atoms with E-state index in [9.17, 15) is 0 Å². The van der Waals surface area contributed by atoms with Crippen LogP contribution in [-0.2, 0) is 29.1 Å². The molecule has 0 bridgehead atoms. The molecule has 0 fully saturated rings. The second-order valence-electron chi connectivity index (χ2n) is 16.9. The number of rotatable bonds is 2. The number of fused-ring (bicyclic) bond motifs is 11. The molecular weight excluding hydrogens is 637 g/mol. The molecule has 1 aliphatic heterocycles. The van der Waals surface area contributed by atoms with E-state index in [1.165, 1.54) is 94.0 Å². The molecule has 0 amide bonds. The predicted octanol–water partition coefficient (Wildman–Crippen LogP) is 12.4. The fourth-order valence-corrected chi connectivity index (χ4v) is 11.1. The fourth-order valence-electron chi connectivity index (χ4n) is 10.0. The molecular formula is C48H40N2S. The summed E-state index contributed by atoms with van der Waals surface area (Å²) in [4.78, 5) is 11.5. The molecule has 2 heterocycles. The molecule has 0 saturated carbocycles. The van der Waals surface area contributed by atoms with Gasteiger partial charge in [0.1, 0.15) is 5.01 Å². The predicted molar refractivity (Wildman–Crippen MR) is 214 cm³/mol. The van der Waals surface area contributed by atoms with E-state index < -0.39 is 0 Å². The Labute approximate surface area is 304 Å². The maximum Gasteiger partial charge on any atom is 0.124 e. The van der Waals surface area contributed by atoms with E-state index in [-0.39, 0.29) is 16.2 Å². The normalized spacial score (nSPS) is 18.3. The summed E-state index contributed by atoms with van der Waals surface area (Å²) >= 11 is 1.87. The summed E-state index contributed by atoms with van der Waals surface area (Å²) in [5.74, 6) is 0. The lowest BCUT2D eigenvalue weighted by Crippen LogP contribution is -2.17. The zero-order valence-electron chi connectivity index (χ0n) is 30.2. The van der Waals surface area contributed by atoms with Gasteiger partial charge in [-0.15, -0.1) is 11.3 Å². The van der Waals surface area contributed by atoms with Gasteiger partial charge in [-0.3, -0.25) is 4.99 Å². The van der Waals surface area contributed by atoms with Gasteiger partial charge in [-0.05, 0) is 139 Å². The number of thiazole rings is 1. The van der Waals surface area contributed by atoms with Gasteiger partial charge in [-0.1, -0.05) is 90.1 Å². The Balaban J connectivity index is 1.00. The largest absolute Gasteiger partial charge is 0.252 e. The van der Waals surface area contributed by atoms with Gasteiger partial charge in [0.2, 0.25) is 0 Å². The molecule has 3 heteroatoms. The van der Waals surface area contributed by atoms with Crippen molar-refractivity contribution in [1.29, 1.82) is 0 Å². The third-order valence-corrected chi connectivity index (χ3v) is 14.2. The molecule has 0 radical (unpaired) electrons. The molecule has 0 N–H and O–H groups in total. The van der Waals surface area contributed by atoms with Crippen LogP contribution in [0.3, 0.4) is 0 Å². The van der Waals surface area contributed by atoms with E-state index in [1.807, 2.05) is 11.3 Å². The van der Waals surface area contributed by atoms with Crippen LogP contribution in [0.5, 0.6) is 0 Å². The van der Waals surface area contributed by atoms with Crippen molar-refractivity contribution in [1.82, 2.24) is 4.98 Å².